The van der Waals surface area contributed by atoms with Crippen LogP contribution in [0.25, 0.3) is 0 Å². The van der Waals surface area contributed by atoms with Crippen molar-refractivity contribution in [2.24, 2.45) is 0 Å². The summed E-state index contributed by atoms with van der Waals surface area (Å²) in [5, 5.41) is 0. The average Bonchev–Trinajstić information content (AvgIpc) is 2.03. The number of hydrogen-bond donors (Lipinski definition) is 1. The Labute approximate surface area is 77.7 Å². The van der Waals surface area contributed by atoms with Crippen LogP contribution in [-0.4, -0.2) is 49.9 Å². The van der Waals surface area contributed by atoms with E-state index in [0.29, 0.717) is 32.0 Å². The molecule has 0 aromatic carbocycles. The fourth-order valence-corrected chi connectivity index (χ4v) is 1.79. The van der Waals surface area contributed by atoms with Crippen LogP contribution in [0.5, 0.6) is 0 Å². The summed E-state index contributed by atoms with van der Waals surface area (Å²) in [6, 6.07) is 0. The lowest BCUT2D eigenvalue weighted by molar-refractivity contribution is 0.0541. The molecule has 6 heteroatoms. The molecular formula is C7H13NO4S. The molecule has 0 amide bonds. The SMILES string of the molecule is C=C(CS(=O)(=O)O)N1CCOCC1. The molecule has 0 spiro atoms. The third-order valence-electron chi connectivity index (χ3n) is 1.81. The lowest BCUT2D eigenvalue weighted by atomic mass is 10.4. The Morgan fingerprint density at radius 3 is 2.46 bits per heavy atom. The van der Waals surface area contributed by atoms with Crippen molar-refractivity contribution in [2.75, 3.05) is 32.1 Å². The first kappa shape index (κ1) is 10.5. The quantitative estimate of drug-likeness (QED) is 0.645. The normalized spacial score (nSPS) is 18.7. The second-order valence-corrected chi connectivity index (χ2v) is 4.34. The lowest BCUT2D eigenvalue weighted by Crippen LogP contribution is -2.37. The molecule has 1 aliphatic heterocycles. The molecule has 1 N–H and O–H groups in total. The van der Waals surface area contributed by atoms with Gasteiger partial charge in [-0.2, -0.15) is 8.42 Å². The Morgan fingerprint density at radius 2 is 2.00 bits per heavy atom. The highest BCUT2D eigenvalue weighted by molar-refractivity contribution is 7.85. The van der Waals surface area contributed by atoms with Crippen LogP contribution in [-0.2, 0) is 14.9 Å². The Hall–Kier alpha value is -0.590. The van der Waals surface area contributed by atoms with E-state index >= 15 is 0 Å². The van der Waals surface area contributed by atoms with E-state index in [1.54, 1.807) is 4.90 Å². The van der Waals surface area contributed by atoms with Gasteiger partial charge in [-0.05, 0) is 0 Å². The molecular weight excluding hydrogens is 194 g/mol. The first-order chi connectivity index (χ1) is 5.99. The summed E-state index contributed by atoms with van der Waals surface area (Å²) < 4.78 is 34.7. The maximum Gasteiger partial charge on any atom is 0.270 e. The zero-order chi connectivity index (χ0) is 9.90. The maximum atomic E-state index is 10.5. The van der Waals surface area contributed by atoms with E-state index < -0.39 is 15.9 Å². The Morgan fingerprint density at radius 1 is 1.46 bits per heavy atom. The van der Waals surface area contributed by atoms with Gasteiger partial charge in [-0.1, -0.05) is 6.58 Å². The molecule has 1 heterocycles. The molecule has 0 aromatic rings. The highest BCUT2D eigenvalue weighted by Gasteiger charge is 2.16. The standard InChI is InChI=1S/C7H13NO4S/c1-7(6-13(9,10)11)8-2-4-12-5-3-8/h1-6H2,(H,9,10,11). The van der Waals surface area contributed by atoms with Gasteiger partial charge in [-0.3, -0.25) is 4.55 Å². The second-order valence-electron chi connectivity index (χ2n) is 2.89. The average molecular weight is 207 g/mol. The molecule has 1 saturated heterocycles. The van der Waals surface area contributed by atoms with E-state index in [1.807, 2.05) is 0 Å². The Balaban J connectivity index is 2.47. The molecule has 0 aromatic heterocycles. The van der Waals surface area contributed by atoms with E-state index in [4.69, 9.17) is 9.29 Å². The van der Waals surface area contributed by atoms with Crippen LogP contribution in [0.1, 0.15) is 0 Å². The molecule has 0 aliphatic carbocycles. The van der Waals surface area contributed by atoms with Crippen LogP contribution >= 0.6 is 0 Å². The number of hydrogen-bond acceptors (Lipinski definition) is 4. The van der Waals surface area contributed by atoms with Gasteiger partial charge in [0.05, 0.1) is 13.2 Å². The van der Waals surface area contributed by atoms with Crippen LogP contribution in [0.3, 0.4) is 0 Å². The summed E-state index contributed by atoms with van der Waals surface area (Å²) in [6.07, 6.45) is 0. The Kier molecular flexibility index (Phi) is 3.29. The summed E-state index contributed by atoms with van der Waals surface area (Å²) >= 11 is 0. The second kappa shape index (κ2) is 4.08. The molecule has 1 aliphatic rings. The fourth-order valence-electron chi connectivity index (χ4n) is 1.18. The summed E-state index contributed by atoms with van der Waals surface area (Å²) in [6.45, 7) is 6.01. The molecule has 0 saturated carbocycles. The van der Waals surface area contributed by atoms with Gasteiger partial charge < -0.3 is 9.64 Å². The number of rotatable bonds is 3. The molecule has 0 unspecified atom stereocenters. The summed E-state index contributed by atoms with van der Waals surface area (Å²) in [5.41, 5.74) is 0.422. The van der Waals surface area contributed by atoms with Gasteiger partial charge in [0.2, 0.25) is 0 Å². The van der Waals surface area contributed by atoms with E-state index in [1.165, 1.54) is 0 Å². The first-order valence-electron chi connectivity index (χ1n) is 3.95. The highest BCUT2D eigenvalue weighted by atomic mass is 32.2. The van der Waals surface area contributed by atoms with Gasteiger partial charge in [-0.15, -0.1) is 0 Å². The molecule has 76 valence electrons. The van der Waals surface area contributed by atoms with Gasteiger partial charge in [0.1, 0.15) is 5.75 Å². The predicted octanol–water partition coefficient (Wildman–Crippen LogP) is -0.280. The van der Waals surface area contributed by atoms with E-state index in [2.05, 4.69) is 6.58 Å². The summed E-state index contributed by atoms with van der Waals surface area (Å²) in [7, 11) is -3.95. The van der Waals surface area contributed by atoms with Crippen LogP contribution in [0.15, 0.2) is 12.3 Å². The van der Waals surface area contributed by atoms with Crippen molar-refractivity contribution >= 4 is 10.1 Å². The number of morpholine rings is 1. The fraction of sp³-hybridized carbons (Fsp3) is 0.714. The van der Waals surface area contributed by atoms with Crippen molar-refractivity contribution in [3.8, 4) is 0 Å². The van der Waals surface area contributed by atoms with Crippen molar-refractivity contribution in [1.29, 1.82) is 0 Å². The van der Waals surface area contributed by atoms with Crippen LogP contribution in [0.2, 0.25) is 0 Å². The first-order valence-corrected chi connectivity index (χ1v) is 5.55. The molecule has 1 fully saturated rings. The number of ether oxygens (including phenoxy) is 1. The minimum atomic E-state index is -3.95. The van der Waals surface area contributed by atoms with E-state index in [9.17, 15) is 8.42 Å². The van der Waals surface area contributed by atoms with Crippen molar-refractivity contribution in [3.05, 3.63) is 12.3 Å². The van der Waals surface area contributed by atoms with Crippen molar-refractivity contribution < 1.29 is 17.7 Å². The van der Waals surface area contributed by atoms with E-state index in [-0.39, 0.29) is 0 Å². The smallest absolute Gasteiger partial charge is 0.270 e. The molecule has 13 heavy (non-hydrogen) atoms. The largest absolute Gasteiger partial charge is 0.378 e. The molecule has 5 nitrogen and oxygen atoms in total. The van der Waals surface area contributed by atoms with Crippen LogP contribution in [0.4, 0.5) is 0 Å². The topological polar surface area (TPSA) is 66.8 Å². The molecule has 1 rings (SSSR count). The van der Waals surface area contributed by atoms with Gasteiger partial charge in [-0.25, -0.2) is 0 Å². The van der Waals surface area contributed by atoms with E-state index in [0.717, 1.165) is 0 Å². The zero-order valence-corrected chi connectivity index (χ0v) is 8.09. The minimum Gasteiger partial charge on any atom is -0.378 e. The minimum absolute atomic E-state index is 0.396. The van der Waals surface area contributed by atoms with Crippen molar-refractivity contribution in [3.63, 3.8) is 0 Å². The third kappa shape index (κ3) is 3.75. The molecule has 0 bridgehead atoms. The van der Waals surface area contributed by atoms with Crippen molar-refractivity contribution in [2.45, 2.75) is 0 Å². The van der Waals surface area contributed by atoms with Gasteiger partial charge >= 0.3 is 0 Å². The summed E-state index contributed by atoms with van der Waals surface area (Å²) in [5.74, 6) is -0.396. The highest BCUT2D eigenvalue weighted by Crippen LogP contribution is 2.07. The van der Waals surface area contributed by atoms with Crippen molar-refractivity contribution in [1.82, 2.24) is 4.90 Å². The monoisotopic (exact) mass is 207 g/mol. The lowest BCUT2D eigenvalue weighted by Gasteiger charge is -2.29. The predicted molar refractivity (Wildman–Crippen MR) is 47.9 cm³/mol. The van der Waals surface area contributed by atoms with Gasteiger partial charge in [0, 0.05) is 18.8 Å². The van der Waals surface area contributed by atoms with Crippen LogP contribution in [0, 0.1) is 0 Å². The van der Waals surface area contributed by atoms with Gasteiger partial charge in [0.25, 0.3) is 10.1 Å². The molecule has 0 radical (unpaired) electrons. The van der Waals surface area contributed by atoms with Crippen LogP contribution < -0.4 is 0 Å². The molecule has 0 atom stereocenters. The van der Waals surface area contributed by atoms with Gasteiger partial charge in [0.15, 0.2) is 0 Å². The number of nitrogens with zero attached hydrogens (tertiary/aromatic N) is 1. The maximum absolute atomic E-state index is 10.5. The summed E-state index contributed by atoms with van der Waals surface area (Å²) in [4.78, 5) is 1.80. The third-order valence-corrected chi connectivity index (χ3v) is 2.51. The zero-order valence-electron chi connectivity index (χ0n) is 7.27. The Bertz CT molecular complexity index is 279.